The van der Waals surface area contributed by atoms with Crippen LogP contribution < -0.4 is 16.4 Å². The van der Waals surface area contributed by atoms with Gasteiger partial charge in [0.2, 0.25) is 23.7 Å². The van der Waals surface area contributed by atoms with Crippen molar-refractivity contribution in [2.24, 2.45) is 33.4 Å². The number of halogens is 4. The molecule has 1 aromatic heterocycles. The summed E-state index contributed by atoms with van der Waals surface area (Å²) in [7, 11) is 0. The highest BCUT2D eigenvalue weighted by Gasteiger charge is 2.40. The first kappa shape index (κ1) is 35.1. The fraction of sp³-hybridized carbons (Fsp3) is 0.688. The zero-order valence-corrected chi connectivity index (χ0v) is 26.5. The van der Waals surface area contributed by atoms with E-state index in [-0.39, 0.29) is 69.0 Å². The molecule has 2 saturated carbocycles. The van der Waals surface area contributed by atoms with Gasteiger partial charge in [-0.05, 0) is 42.4 Å². The first-order valence-corrected chi connectivity index (χ1v) is 15.2. The number of nitrogens with zero attached hydrogens (tertiary/aromatic N) is 2. The predicted octanol–water partition coefficient (Wildman–Crippen LogP) is 6.02. The maximum absolute atomic E-state index is 13.5. The summed E-state index contributed by atoms with van der Waals surface area (Å²) in [6, 6.07) is -1.09. The van der Waals surface area contributed by atoms with E-state index in [2.05, 4.69) is 37.4 Å². The first-order valence-electron chi connectivity index (χ1n) is 15.2. The quantitative estimate of drug-likeness (QED) is 0.129. The van der Waals surface area contributed by atoms with E-state index in [1.807, 2.05) is 41.5 Å². The monoisotopic (exact) mass is 622 g/mol. The van der Waals surface area contributed by atoms with Gasteiger partial charge in [0, 0.05) is 49.8 Å². The highest BCUT2D eigenvalue weighted by atomic mass is 19.3. The molecule has 1 aromatic rings. The summed E-state index contributed by atoms with van der Waals surface area (Å²) < 4.78 is 54.1. The van der Waals surface area contributed by atoms with Crippen LogP contribution in [0.15, 0.2) is 23.5 Å². The molecule has 2 amide bonds. The van der Waals surface area contributed by atoms with E-state index in [0.717, 1.165) is 0 Å². The van der Waals surface area contributed by atoms with E-state index < -0.39 is 46.6 Å². The van der Waals surface area contributed by atoms with Gasteiger partial charge >= 0.3 is 0 Å². The summed E-state index contributed by atoms with van der Waals surface area (Å²) in [5.41, 5.74) is 5.84. The third-order valence-corrected chi connectivity index (χ3v) is 8.23. The highest BCUT2D eigenvalue weighted by Crippen LogP contribution is 2.38. The van der Waals surface area contributed by atoms with Crippen molar-refractivity contribution >= 4 is 17.6 Å². The topological polar surface area (TPSA) is 125 Å². The molecule has 3 rings (SSSR count). The maximum Gasteiger partial charge on any atom is 0.248 e. The van der Waals surface area contributed by atoms with Crippen LogP contribution in [0.4, 0.5) is 17.6 Å². The molecule has 2 fully saturated rings. The van der Waals surface area contributed by atoms with Gasteiger partial charge in [-0.3, -0.25) is 9.59 Å². The van der Waals surface area contributed by atoms with Gasteiger partial charge in [0.1, 0.15) is 17.4 Å². The average molecular weight is 623 g/mol. The molecule has 1 heterocycles. The van der Waals surface area contributed by atoms with E-state index in [9.17, 15) is 27.2 Å². The minimum absolute atomic E-state index is 0.127. The fourth-order valence-corrected chi connectivity index (χ4v) is 5.46. The molecule has 0 bridgehead atoms. The summed E-state index contributed by atoms with van der Waals surface area (Å²) in [5, 5.41) is 5.90. The largest absolute Gasteiger partial charge is 0.385 e. The maximum atomic E-state index is 13.5. The number of aromatic amines is 1. The van der Waals surface area contributed by atoms with Crippen molar-refractivity contribution in [1.82, 2.24) is 20.6 Å². The zero-order valence-electron chi connectivity index (χ0n) is 26.5. The number of rotatable bonds is 7. The Bertz CT molecular complexity index is 1280. The lowest BCUT2D eigenvalue weighted by Crippen LogP contribution is -2.53. The first-order chi connectivity index (χ1) is 20.3. The molecule has 0 aliphatic heterocycles. The van der Waals surface area contributed by atoms with Crippen molar-refractivity contribution in [1.29, 1.82) is 0 Å². The Morgan fingerprint density at radius 1 is 0.955 bits per heavy atom. The Hall–Kier alpha value is -3.36. The van der Waals surface area contributed by atoms with Gasteiger partial charge in [-0.25, -0.2) is 27.5 Å². The third-order valence-electron chi connectivity index (χ3n) is 8.23. The lowest BCUT2D eigenvalue weighted by atomic mass is 9.83. The van der Waals surface area contributed by atoms with E-state index in [1.165, 1.54) is 12.3 Å². The minimum atomic E-state index is -2.71. The fourth-order valence-electron chi connectivity index (χ4n) is 5.46. The molecule has 0 saturated heterocycles. The Morgan fingerprint density at radius 2 is 1.45 bits per heavy atom. The number of nitrogens with two attached hydrogens (primary N) is 1. The van der Waals surface area contributed by atoms with Crippen LogP contribution in [-0.2, 0) is 9.59 Å². The van der Waals surface area contributed by atoms with Crippen molar-refractivity contribution in [3.05, 3.63) is 30.0 Å². The summed E-state index contributed by atoms with van der Waals surface area (Å²) >= 11 is 0. The van der Waals surface area contributed by atoms with Gasteiger partial charge in [0.25, 0.3) is 0 Å². The Morgan fingerprint density at radius 3 is 1.93 bits per heavy atom. The second-order valence-electron chi connectivity index (χ2n) is 14.2. The molecule has 44 heavy (non-hydrogen) atoms. The van der Waals surface area contributed by atoms with Crippen LogP contribution in [0.5, 0.6) is 0 Å². The second kappa shape index (κ2) is 13.7. The minimum Gasteiger partial charge on any atom is -0.385 e. The molecule has 5 N–H and O–H groups in total. The van der Waals surface area contributed by atoms with Crippen molar-refractivity contribution in [2.45, 2.75) is 117 Å². The number of hydrogen-bond acceptors (Lipinski definition) is 4. The van der Waals surface area contributed by atoms with Crippen molar-refractivity contribution < 1.29 is 27.2 Å². The molecule has 244 valence electrons. The van der Waals surface area contributed by atoms with Crippen LogP contribution >= 0.6 is 0 Å². The standard InChI is InChI=1S/C32H46F4N6O2/c1-29(2,3)23(41-27(43)20-10-14-31(33,34)15-11-20)25(37)38-18-8-7-9-22-19-39-26(40-22)24(30(4,5)6)42-28(44)21-12-16-32(35,36)17-13-21/h8,18-21,23-24H,10-17H2,1-6H3,(H2,37,38)(H,39,40)(H,41,43)(H,42,44)/b18-8+/t23?,24-/m1/s1. The van der Waals surface area contributed by atoms with Gasteiger partial charge in [0.05, 0.1) is 18.3 Å². The summed E-state index contributed by atoms with van der Waals surface area (Å²) in [5.74, 6) is -0.487. The Kier molecular flexibility index (Phi) is 11.0. The normalized spacial score (nSPS) is 21.3. The molecule has 1 unspecified atom stereocenters. The number of aromatic nitrogens is 2. The van der Waals surface area contributed by atoms with E-state index >= 15 is 0 Å². The van der Waals surface area contributed by atoms with Gasteiger partial charge in [-0.2, -0.15) is 0 Å². The molecule has 8 nitrogen and oxygen atoms in total. The Labute approximate surface area is 257 Å². The molecule has 12 heteroatoms. The number of carbonyl (C=O) groups excluding carboxylic acids is 2. The van der Waals surface area contributed by atoms with E-state index in [1.54, 1.807) is 6.20 Å². The van der Waals surface area contributed by atoms with Crippen LogP contribution in [0, 0.1) is 34.5 Å². The number of amidine groups is 1. The molecular weight excluding hydrogens is 576 g/mol. The molecular formula is C32H46F4N6O2. The summed E-state index contributed by atoms with van der Waals surface area (Å²) in [6.07, 6.45) is 3.82. The lowest BCUT2D eigenvalue weighted by Gasteiger charge is -2.34. The number of imidazole rings is 1. The number of allylic oxidation sites excluding steroid dienone is 1. The summed E-state index contributed by atoms with van der Waals surface area (Å²) in [4.78, 5) is 37.5. The number of carbonyl (C=O) groups is 2. The van der Waals surface area contributed by atoms with E-state index in [0.29, 0.717) is 11.5 Å². The molecule has 2 atom stereocenters. The van der Waals surface area contributed by atoms with Crippen LogP contribution in [0.2, 0.25) is 0 Å². The third kappa shape index (κ3) is 10.1. The number of amides is 2. The average Bonchev–Trinajstić information content (AvgIpc) is 3.36. The SMILES string of the molecule is CC(C)(C)C(NC(=O)C1CCC(F)(F)CC1)C(N)=N/C=C/C#Cc1cnc([C@@H](NC(=O)C2CCC(F)(F)CC2)C(C)(C)C)[nH]1. The van der Waals surface area contributed by atoms with Gasteiger partial charge in [-0.15, -0.1) is 0 Å². The number of nitrogens with one attached hydrogen (secondary N) is 3. The Balaban J connectivity index is 1.63. The predicted molar refractivity (Wildman–Crippen MR) is 162 cm³/mol. The second-order valence-corrected chi connectivity index (χ2v) is 14.2. The summed E-state index contributed by atoms with van der Waals surface area (Å²) in [6.45, 7) is 11.5. The van der Waals surface area contributed by atoms with E-state index in [4.69, 9.17) is 5.73 Å². The van der Waals surface area contributed by atoms with Crippen molar-refractivity contribution in [3.8, 4) is 11.8 Å². The smallest absolute Gasteiger partial charge is 0.248 e. The number of hydrogen-bond donors (Lipinski definition) is 4. The molecule has 2 aliphatic carbocycles. The number of H-pyrrole nitrogens is 1. The lowest BCUT2D eigenvalue weighted by molar-refractivity contribution is -0.131. The highest BCUT2D eigenvalue weighted by molar-refractivity contribution is 5.92. The number of alkyl halides is 4. The molecule has 2 aliphatic rings. The van der Waals surface area contributed by atoms with Gasteiger partial charge in [-0.1, -0.05) is 47.5 Å². The van der Waals surface area contributed by atoms with Crippen LogP contribution in [-0.4, -0.2) is 45.5 Å². The number of aliphatic imine (C=N–C) groups is 1. The van der Waals surface area contributed by atoms with Crippen LogP contribution in [0.3, 0.4) is 0 Å². The van der Waals surface area contributed by atoms with Crippen molar-refractivity contribution in [2.75, 3.05) is 0 Å². The molecule has 0 radical (unpaired) electrons. The molecule has 0 spiro atoms. The van der Waals surface area contributed by atoms with Crippen LogP contribution in [0.1, 0.15) is 110 Å². The van der Waals surface area contributed by atoms with Crippen LogP contribution in [0.25, 0.3) is 0 Å². The van der Waals surface area contributed by atoms with Crippen molar-refractivity contribution in [3.63, 3.8) is 0 Å². The van der Waals surface area contributed by atoms with Gasteiger partial charge < -0.3 is 21.4 Å². The zero-order chi connectivity index (χ0) is 32.9. The molecule has 0 aromatic carbocycles. The van der Waals surface area contributed by atoms with Gasteiger partial charge in [0.15, 0.2) is 0 Å².